The summed E-state index contributed by atoms with van der Waals surface area (Å²) in [4.78, 5) is 15.8. The fourth-order valence-corrected chi connectivity index (χ4v) is 1.65. The first-order chi connectivity index (χ1) is 7.63. The van der Waals surface area contributed by atoms with E-state index in [1.807, 2.05) is 0 Å². The number of hydrogen-bond donors (Lipinski definition) is 0. The van der Waals surface area contributed by atoms with Gasteiger partial charge < -0.3 is 4.74 Å². The number of aryl methyl sites for hydroxylation is 1. The number of fused-ring (bicyclic) bond motifs is 1. The normalized spacial score (nSPS) is 10.7. The molecule has 0 radical (unpaired) electrons. The molecule has 2 heterocycles. The Hall–Kier alpha value is -1.62. The molecular formula is C10H10ClN3O2. The first kappa shape index (κ1) is 10.9. The number of rotatable bonds is 2. The minimum absolute atomic E-state index is 0.249. The van der Waals surface area contributed by atoms with Gasteiger partial charge in [-0.3, -0.25) is 4.68 Å². The van der Waals surface area contributed by atoms with Gasteiger partial charge in [-0.1, -0.05) is 11.6 Å². The van der Waals surface area contributed by atoms with Crippen molar-refractivity contribution in [3.8, 4) is 0 Å². The van der Waals surface area contributed by atoms with Crippen LogP contribution in [0.5, 0.6) is 0 Å². The Labute approximate surface area is 97.0 Å². The van der Waals surface area contributed by atoms with Crippen LogP contribution in [0, 0.1) is 0 Å². The van der Waals surface area contributed by atoms with Crippen LogP contribution in [0.25, 0.3) is 11.0 Å². The maximum Gasteiger partial charge on any atom is 0.339 e. The van der Waals surface area contributed by atoms with Crippen molar-refractivity contribution in [2.75, 3.05) is 6.61 Å². The number of esters is 1. The monoisotopic (exact) mass is 239 g/mol. The summed E-state index contributed by atoms with van der Waals surface area (Å²) in [6.45, 7) is 2.07. The van der Waals surface area contributed by atoms with Crippen molar-refractivity contribution >= 4 is 28.6 Å². The third-order valence-corrected chi connectivity index (χ3v) is 2.36. The molecule has 0 bridgehead atoms. The van der Waals surface area contributed by atoms with Crippen LogP contribution in [-0.2, 0) is 11.8 Å². The van der Waals surface area contributed by atoms with Crippen LogP contribution < -0.4 is 0 Å². The first-order valence-corrected chi connectivity index (χ1v) is 5.16. The van der Waals surface area contributed by atoms with Crippen LogP contribution >= 0.6 is 11.6 Å². The zero-order valence-electron chi connectivity index (χ0n) is 8.90. The van der Waals surface area contributed by atoms with Crippen molar-refractivity contribution in [1.29, 1.82) is 0 Å². The molecular weight excluding hydrogens is 230 g/mol. The van der Waals surface area contributed by atoms with Gasteiger partial charge in [0.1, 0.15) is 5.15 Å². The Morgan fingerprint density at radius 2 is 2.38 bits per heavy atom. The maximum atomic E-state index is 11.7. The fraction of sp³-hybridized carbons (Fsp3) is 0.300. The predicted molar refractivity (Wildman–Crippen MR) is 59.5 cm³/mol. The number of ether oxygens (including phenoxy) is 1. The highest BCUT2D eigenvalue weighted by Gasteiger charge is 2.15. The van der Waals surface area contributed by atoms with E-state index >= 15 is 0 Å². The smallest absolute Gasteiger partial charge is 0.339 e. The molecule has 0 saturated carbocycles. The average Bonchev–Trinajstić information content (AvgIpc) is 2.60. The van der Waals surface area contributed by atoms with Crippen LogP contribution in [0.4, 0.5) is 0 Å². The lowest BCUT2D eigenvalue weighted by molar-refractivity contribution is 0.0528. The van der Waals surface area contributed by atoms with Gasteiger partial charge in [-0.25, -0.2) is 9.78 Å². The highest BCUT2D eigenvalue weighted by atomic mass is 35.5. The zero-order chi connectivity index (χ0) is 11.7. The minimum atomic E-state index is -0.412. The summed E-state index contributed by atoms with van der Waals surface area (Å²) < 4.78 is 6.50. The van der Waals surface area contributed by atoms with E-state index in [9.17, 15) is 4.79 Å². The van der Waals surface area contributed by atoms with Gasteiger partial charge in [0, 0.05) is 7.05 Å². The lowest BCUT2D eigenvalue weighted by atomic mass is 10.2. The molecule has 2 aromatic heterocycles. The van der Waals surface area contributed by atoms with E-state index in [4.69, 9.17) is 16.3 Å². The van der Waals surface area contributed by atoms with Crippen molar-refractivity contribution in [1.82, 2.24) is 14.8 Å². The highest BCUT2D eigenvalue weighted by Crippen LogP contribution is 2.20. The van der Waals surface area contributed by atoms with Crippen LogP contribution in [-0.4, -0.2) is 27.3 Å². The molecule has 0 fully saturated rings. The van der Waals surface area contributed by atoms with E-state index in [1.54, 1.807) is 24.9 Å². The second-order valence-electron chi connectivity index (χ2n) is 3.22. The molecule has 0 atom stereocenters. The molecule has 84 valence electrons. The standard InChI is InChI=1S/C10H10ClN3O2/c1-3-16-10(15)6-4-8(11)13-9-7(6)5-12-14(9)2/h4-5H,3H2,1-2H3. The highest BCUT2D eigenvalue weighted by molar-refractivity contribution is 6.30. The zero-order valence-corrected chi connectivity index (χ0v) is 9.65. The molecule has 0 unspecified atom stereocenters. The average molecular weight is 240 g/mol. The molecule has 0 saturated heterocycles. The molecule has 2 aromatic rings. The Morgan fingerprint density at radius 1 is 1.62 bits per heavy atom. The van der Waals surface area contributed by atoms with Crippen molar-refractivity contribution in [3.05, 3.63) is 23.0 Å². The van der Waals surface area contributed by atoms with Crippen molar-refractivity contribution in [2.45, 2.75) is 6.92 Å². The Balaban J connectivity index is 2.64. The van der Waals surface area contributed by atoms with Crippen molar-refractivity contribution < 1.29 is 9.53 Å². The van der Waals surface area contributed by atoms with Crippen LogP contribution in [0.3, 0.4) is 0 Å². The van der Waals surface area contributed by atoms with E-state index in [2.05, 4.69) is 10.1 Å². The molecule has 0 spiro atoms. The van der Waals surface area contributed by atoms with Gasteiger partial charge in [0.05, 0.1) is 23.8 Å². The molecule has 0 N–H and O–H groups in total. The van der Waals surface area contributed by atoms with Gasteiger partial charge in [0.2, 0.25) is 0 Å². The lowest BCUT2D eigenvalue weighted by Crippen LogP contribution is -2.06. The summed E-state index contributed by atoms with van der Waals surface area (Å²) in [5.74, 6) is -0.412. The fourth-order valence-electron chi connectivity index (χ4n) is 1.46. The Bertz CT molecular complexity index is 550. The van der Waals surface area contributed by atoms with Gasteiger partial charge in [0.15, 0.2) is 5.65 Å². The van der Waals surface area contributed by atoms with E-state index in [0.717, 1.165) is 0 Å². The molecule has 0 aliphatic heterocycles. The molecule has 0 amide bonds. The molecule has 0 aromatic carbocycles. The van der Waals surface area contributed by atoms with Gasteiger partial charge in [-0.2, -0.15) is 5.10 Å². The molecule has 5 nitrogen and oxygen atoms in total. The van der Waals surface area contributed by atoms with Gasteiger partial charge in [0.25, 0.3) is 0 Å². The number of nitrogens with zero attached hydrogens (tertiary/aromatic N) is 3. The van der Waals surface area contributed by atoms with Gasteiger partial charge >= 0.3 is 5.97 Å². The Morgan fingerprint density at radius 3 is 3.06 bits per heavy atom. The second-order valence-corrected chi connectivity index (χ2v) is 3.61. The van der Waals surface area contributed by atoms with E-state index in [0.29, 0.717) is 23.2 Å². The van der Waals surface area contributed by atoms with Crippen LogP contribution in [0.15, 0.2) is 12.3 Å². The summed E-state index contributed by atoms with van der Waals surface area (Å²) in [7, 11) is 1.74. The molecule has 6 heteroatoms. The number of halogens is 1. The third kappa shape index (κ3) is 1.74. The first-order valence-electron chi connectivity index (χ1n) is 4.79. The van der Waals surface area contributed by atoms with E-state index in [-0.39, 0.29) is 5.15 Å². The van der Waals surface area contributed by atoms with Crippen LogP contribution in [0.1, 0.15) is 17.3 Å². The summed E-state index contributed by atoms with van der Waals surface area (Å²) in [6, 6.07) is 1.49. The second kappa shape index (κ2) is 4.09. The Kier molecular flexibility index (Phi) is 2.78. The molecule has 16 heavy (non-hydrogen) atoms. The number of carbonyl (C=O) groups is 1. The van der Waals surface area contributed by atoms with E-state index in [1.165, 1.54) is 6.07 Å². The minimum Gasteiger partial charge on any atom is -0.462 e. The van der Waals surface area contributed by atoms with Crippen molar-refractivity contribution in [3.63, 3.8) is 0 Å². The largest absolute Gasteiger partial charge is 0.462 e. The maximum absolute atomic E-state index is 11.7. The topological polar surface area (TPSA) is 57.0 Å². The summed E-state index contributed by atoms with van der Waals surface area (Å²) >= 11 is 5.84. The van der Waals surface area contributed by atoms with Crippen LogP contribution in [0.2, 0.25) is 5.15 Å². The van der Waals surface area contributed by atoms with E-state index < -0.39 is 5.97 Å². The number of carbonyl (C=O) groups excluding carboxylic acids is 1. The summed E-state index contributed by atoms with van der Waals surface area (Å²) in [6.07, 6.45) is 1.57. The third-order valence-electron chi connectivity index (χ3n) is 2.17. The number of aromatic nitrogens is 3. The molecule has 2 rings (SSSR count). The number of hydrogen-bond acceptors (Lipinski definition) is 4. The molecule has 0 aliphatic rings. The quantitative estimate of drug-likeness (QED) is 0.592. The summed E-state index contributed by atoms with van der Waals surface area (Å²) in [5, 5.41) is 4.92. The lowest BCUT2D eigenvalue weighted by Gasteiger charge is -2.03. The van der Waals surface area contributed by atoms with Crippen molar-refractivity contribution in [2.24, 2.45) is 7.05 Å². The number of pyridine rings is 1. The molecule has 0 aliphatic carbocycles. The van der Waals surface area contributed by atoms with Gasteiger partial charge in [-0.15, -0.1) is 0 Å². The predicted octanol–water partition coefficient (Wildman–Crippen LogP) is 1.80. The summed E-state index contributed by atoms with van der Waals surface area (Å²) in [5.41, 5.74) is 0.959. The van der Waals surface area contributed by atoms with Gasteiger partial charge in [-0.05, 0) is 13.0 Å². The SMILES string of the molecule is CCOC(=O)c1cc(Cl)nc2c1cnn2C.